The van der Waals surface area contributed by atoms with Crippen LogP contribution in [0.3, 0.4) is 0 Å². The van der Waals surface area contributed by atoms with Gasteiger partial charge in [-0.15, -0.1) is 11.3 Å². The Kier molecular flexibility index (Phi) is 4.02. The molecule has 5 aromatic rings. The van der Waals surface area contributed by atoms with E-state index in [2.05, 4.69) is 35.5 Å². The Bertz CT molecular complexity index is 1260. The largest absolute Gasteiger partial charge is 0.307 e. The third-order valence-electron chi connectivity index (χ3n) is 4.35. The lowest BCUT2D eigenvalue weighted by Gasteiger charge is -2.08. The zero-order valence-electron chi connectivity index (χ0n) is 14.9. The number of benzene rings is 2. The quantitative estimate of drug-likeness (QED) is 0.470. The van der Waals surface area contributed by atoms with E-state index < -0.39 is 0 Å². The fraction of sp³-hybridized carbons (Fsp3) is 0.0500. The number of fused-ring (bicyclic) bond motifs is 1. The Morgan fingerprint density at radius 1 is 0.929 bits per heavy atom. The van der Waals surface area contributed by atoms with Gasteiger partial charge in [0.2, 0.25) is 5.95 Å². The minimum Gasteiger partial charge on any atom is -0.307 e. The Labute approximate surface area is 164 Å². The van der Waals surface area contributed by atoms with E-state index in [-0.39, 0.29) is 0 Å². The molecule has 0 amide bonds. The summed E-state index contributed by atoms with van der Waals surface area (Å²) in [4.78, 5) is 18.2. The van der Waals surface area contributed by atoms with Crippen molar-refractivity contribution in [3.8, 4) is 22.2 Å². The predicted octanol–water partition coefficient (Wildman–Crippen LogP) is 4.59. The van der Waals surface area contributed by atoms with Gasteiger partial charge in [0.15, 0.2) is 22.5 Å². The summed E-state index contributed by atoms with van der Waals surface area (Å²) in [7, 11) is 0. The van der Waals surface area contributed by atoms with Crippen molar-refractivity contribution in [1.29, 1.82) is 0 Å². The number of aromatic amines is 1. The standard InChI is InChI=1S/C20H15N7S/c1-12-6-2-3-7-13(12)16-22-18(19-21-10-11-28-19)25-20(23-16)24-17-14-8-4-5-9-15(14)26-27-17/h2-11H,1H3,(H2,22,23,24,25,26,27). The van der Waals surface area contributed by atoms with E-state index in [9.17, 15) is 0 Å². The average Bonchev–Trinajstić information content (AvgIpc) is 3.39. The van der Waals surface area contributed by atoms with Gasteiger partial charge in [0, 0.05) is 22.5 Å². The molecule has 2 N–H and O–H groups in total. The zero-order chi connectivity index (χ0) is 18.9. The van der Waals surface area contributed by atoms with E-state index in [4.69, 9.17) is 0 Å². The van der Waals surface area contributed by atoms with Gasteiger partial charge in [0.05, 0.1) is 5.52 Å². The van der Waals surface area contributed by atoms with Crippen LogP contribution in [0.25, 0.3) is 33.1 Å². The highest BCUT2D eigenvalue weighted by molar-refractivity contribution is 7.13. The Balaban J connectivity index is 1.64. The Morgan fingerprint density at radius 3 is 2.61 bits per heavy atom. The third kappa shape index (κ3) is 2.99. The SMILES string of the molecule is Cc1ccccc1-c1nc(Nc2n[nH]c3ccccc23)nc(-c2nccs2)n1. The molecule has 2 aromatic carbocycles. The van der Waals surface area contributed by atoms with Crippen molar-refractivity contribution in [2.45, 2.75) is 6.92 Å². The maximum absolute atomic E-state index is 4.66. The Morgan fingerprint density at radius 2 is 1.75 bits per heavy atom. The third-order valence-corrected chi connectivity index (χ3v) is 5.11. The highest BCUT2D eigenvalue weighted by atomic mass is 32.1. The van der Waals surface area contributed by atoms with Gasteiger partial charge in [-0.25, -0.2) is 9.97 Å². The molecule has 136 valence electrons. The molecule has 0 aliphatic carbocycles. The number of anilines is 2. The van der Waals surface area contributed by atoms with Crippen molar-refractivity contribution in [3.05, 3.63) is 65.7 Å². The molecule has 0 aliphatic rings. The van der Waals surface area contributed by atoms with Crippen LogP contribution in [0, 0.1) is 6.92 Å². The summed E-state index contributed by atoms with van der Waals surface area (Å²) in [5.74, 6) is 2.23. The average molecular weight is 385 g/mol. The minimum atomic E-state index is 0.427. The number of nitrogens with zero attached hydrogens (tertiary/aromatic N) is 5. The molecular weight excluding hydrogens is 370 g/mol. The second kappa shape index (κ2) is 6.82. The number of rotatable bonds is 4. The normalized spacial score (nSPS) is 11.0. The van der Waals surface area contributed by atoms with E-state index in [0.717, 1.165) is 27.0 Å². The van der Waals surface area contributed by atoms with Crippen LogP contribution in [-0.2, 0) is 0 Å². The summed E-state index contributed by atoms with van der Waals surface area (Å²) < 4.78 is 0. The molecule has 7 nitrogen and oxygen atoms in total. The van der Waals surface area contributed by atoms with Gasteiger partial charge in [0.1, 0.15) is 0 Å². The van der Waals surface area contributed by atoms with Gasteiger partial charge in [-0.05, 0) is 24.6 Å². The smallest absolute Gasteiger partial charge is 0.232 e. The molecule has 5 rings (SSSR count). The maximum Gasteiger partial charge on any atom is 0.232 e. The van der Waals surface area contributed by atoms with Crippen molar-refractivity contribution in [2.24, 2.45) is 0 Å². The molecule has 8 heteroatoms. The highest BCUT2D eigenvalue weighted by Gasteiger charge is 2.15. The summed E-state index contributed by atoms with van der Waals surface area (Å²) in [6, 6.07) is 15.9. The minimum absolute atomic E-state index is 0.427. The number of nitrogens with one attached hydrogen (secondary N) is 2. The highest BCUT2D eigenvalue weighted by Crippen LogP contribution is 2.27. The van der Waals surface area contributed by atoms with Crippen LogP contribution >= 0.6 is 11.3 Å². The van der Waals surface area contributed by atoms with Gasteiger partial charge >= 0.3 is 0 Å². The van der Waals surface area contributed by atoms with Crippen molar-refractivity contribution in [3.63, 3.8) is 0 Å². The molecule has 28 heavy (non-hydrogen) atoms. The number of para-hydroxylation sites is 1. The van der Waals surface area contributed by atoms with Crippen LogP contribution in [0.2, 0.25) is 0 Å². The second-order valence-corrected chi connectivity index (χ2v) is 7.10. The first-order chi connectivity index (χ1) is 13.8. The van der Waals surface area contributed by atoms with Crippen LogP contribution < -0.4 is 5.32 Å². The van der Waals surface area contributed by atoms with Crippen LogP contribution in [0.4, 0.5) is 11.8 Å². The topological polar surface area (TPSA) is 92.3 Å². The van der Waals surface area contributed by atoms with Crippen molar-refractivity contribution in [1.82, 2.24) is 30.1 Å². The molecule has 0 saturated heterocycles. The molecule has 0 fully saturated rings. The van der Waals surface area contributed by atoms with E-state index in [1.165, 1.54) is 11.3 Å². The Hall–Kier alpha value is -3.65. The molecule has 3 aromatic heterocycles. The van der Waals surface area contributed by atoms with Crippen molar-refractivity contribution in [2.75, 3.05) is 5.32 Å². The van der Waals surface area contributed by atoms with E-state index in [0.29, 0.717) is 23.4 Å². The van der Waals surface area contributed by atoms with Gasteiger partial charge < -0.3 is 5.32 Å². The van der Waals surface area contributed by atoms with Crippen molar-refractivity contribution < 1.29 is 0 Å². The van der Waals surface area contributed by atoms with Crippen LogP contribution in [0.5, 0.6) is 0 Å². The van der Waals surface area contributed by atoms with Crippen molar-refractivity contribution >= 4 is 34.0 Å². The second-order valence-electron chi connectivity index (χ2n) is 6.20. The number of aryl methyl sites for hydroxylation is 1. The first-order valence-corrected chi connectivity index (χ1v) is 9.58. The molecule has 0 atom stereocenters. The molecule has 0 unspecified atom stereocenters. The maximum atomic E-state index is 4.66. The van der Waals surface area contributed by atoms with Gasteiger partial charge in [0.25, 0.3) is 0 Å². The van der Waals surface area contributed by atoms with E-state index in [1.807, 2.05) is 60.8 Å². The molecule has 0 radical (unpaired) electrons. The summed E-state index contributed by atoms with van der Waals surface area (Å²) in [6.45, 7) is 2.04. The summed E-state index contributed by atoms with van der Waals surface area (Å²) in [6.07, 6.45) is 1.74. The lowest BCUT2D eigenvalue weighted by Crippen LogP contribution is -2.04. The zero-order valence-corrected chi connectivity index (χ0v) is 15.7. The number of thiazole rings is 1. The van der Waals surface area contributed by atoms with E-state index in [1.54, 1.807) is 6.20 Å². The fourth-order valence-corrected chi connectivity index (χ4v) is 3.54. The predicted molar refractivity (Wildman–Crippen MR) is 110 cm³/mol. The number of H-pyrrole nitrogens is 1. The molecule has 3 heterocycles. The van der Waals surface area contributed by atoms with Gasteiger partial charge in [-0.1, -0.05) is 36.4 Å². The summed E-state index contributed by atoms with van der Waals surface area (Å²) in [5, 5.41) is 14.2. The molecule has 0 saturated carbocycles. The van der Waals surface area contributed by atoms with Crippen LogP contribution in [0.1, 0.15) is 5.56 Å². The number of hydrogen-bond acceptors (Lipinski definition) is 7. The van der Waals surface area contributed by atoms with E-state index >= 15 is 0 Å². The van der Waals surface area contributed by atoms with Gasteiger partial charge in [-0.3, -0.25) is 5.10 Å². The lowest BCUT2D eigenvalue weighted by molar-refractivity contribution is 1.05. The first kappa shape index (κ1) is 16.5. The lowest BCUT2D eigenvalue weighted by atomic mass is 10.1. The van der Waals surface area contributed by atoms with Crippen LogP contribution in [-0.4, -0.2) is 30.1 Å². The summed E-state index contributed by atoms with van der Waals surface area (Å²) >= 11 is 1.49. The van der Waals surface area contributed by atoms with Crippen LogP contribution in [0.15, 0.2) is 60.1 Å². The summed E-state index contributed by atoms with van der Waals surface area (Å²) in [5.41, 5.74) is 2.99. The monoisotopic (exact) mass is 385 g/mol. The molecular formula is C20H15N7S. The fourth-order valence-electron chi connectivity index (χ4n) is 2.97. The number of hydrogen-bond donors (Lipinski definition) is 2. The first-order valence-electron chi connectivity index (χ1n) is 8.70. The molecule has 0 bridgehead atoms. The molecule has 0 spiro atoms. The number of aromatic nitrogens is 6. The van der Waals surface area contributed by atoms with Gasteiger partial charge in [-0.2, -0.15) is 15.1 Å². The molecule has 0 aliphatic heterocycles.